The molecule has 1 aromatic carbocycles. The molecule has 0 radical (unpaired) electrons. The Balaban J connectivity index is 1.53. The predicted molar refractivity (Wildman–Crippen MR) is 120 cm³/mol. The number of nitrogens with zero attached hydrogens (tertiary/aromatic N) is 5. The average molecular weight is 421 g/mol. The summed E-state index contributed by atoms with van der Waals surface area (Å²) < 4.78 is 14.4. The number of imidazole rings is 1. The molecule has 0 aliphatic rings. The lowest BCUT2D eigenvalue weighted by molar-refractivity contribution is 0.631. The van der Waals surface area contributed by atoms with Gasteiger partial charge in [0.2, 0.25) is 0 Å². The first kappa shape index (κ1) is 18.3. The third-order valence-electron chi connectivity index (χ3n) is 5.48. The van der Waals surface area contributed by atoms with Gasteiger partial charge < -0.3 is 4.98 Å². The third-order valence-corrected chi connectivity index (χ3v) is 5.48. The van der Waals surface area contributed by atoms with Gasteiger partial charge in [-0.15, -0.1) is 0 Å². The molecular formula is C24H16FN7. The fourth-order valence-corrected chi connectivity index (χ4v) is 3.84. The van der Waals surface area contributed by atoms with Crippen molar-refractivity contribution in [2.75, 3.05) is 0 Å². The summed E-state index contributed by atoms with van der Waals surface area (Å²) in [5.41, 5.74) is 7.08. The van der Waals surface area contributed by atoms with Gasteiger partial charge in [0.15, 0.2) is 11.5 Å². The number of benzene rings is 1. The van der Waals surface area contributed by atoms with Crippen LogP contribution in [0.15, 0.2) is 67.1 Å². The molecule has 0 aliphatic carbocycles. The molecule has 6 aromatic rings. The van der Waals surface area contributed by atoms with E-state index in [1.807, 2.05) is 31.2 Å². The number of fused-ring (bicyclic) bond motifs is 2. The van der Waals surface area contributed by atoms with E-state index >= 15 is 0 Å². The number of H-pyrrole nitrogens is 2. The van der Waals surface area contributed by atoms with Crippen LogP contribution < -0.4 is 0 Å². The maximum atomic E-state index is 14.4. The zero-order valence-corrected chi connectivity index (χ0v) is 17.0. The van der Waals surface area contributed by atoms with Crippen LogP contribution >= 0.6 is 0 Å². The van der Waals surface area contributed by atoms with Gasteiger partial charge in [-0.25, -0.2) is 14.4 Å². The Morgan fingerprint density at radius 2 is 1.69 bits per heavy atom. The smallest absolute Gasteiger partial charge is 0.161 e. The number of rotatable bonds is 3. The normalized spacial score (nSPS) is 11.4. The van der Waals surface area contributed by atoms with Crippen molar-refractivity contribution < 1.29 is 4.39 Å². The van der Waals surface area contributed by atoms with Gasteiger partial charge in [-0.3, -0.25) is 15.1 Å². The van der Waals surface area contributed by atoms with Crippen molar-refractivity contribution in [3.05, 3.63) is 78.5 Å². The number of aryl methyl sites for hydroxylation is 1. The molecular weight excluding hydrogens is 405 g/mol. The minimum Gasteiger partial charge on any atom is -0.336 e. The molecule has 0 fully saturated rings. The summed E-state index contributed by atoms with van der Waals surface area (Å²) in [6.45, 7) is 2.02. The molecule has 5 aromatic heterocycles. The Bertz CT molecular complexity index is 1620. The monoisotopic (exact) mass is 421 g/mol. The van der Waals surface area contributed by atoms with Crippen LogP contribution in [0.5, 0.6) is 0 Å². The fourth-order valence-electron chi connectivity index (χ4n) is 3.84. The summed E-state index contributed by atoms with van der Waals surface area (Å²) in [5, 5.41) is 7.46. The summed E-state index contributed by atoms with van der Waals surface area (Å²) in [4.78, 5) is 21.5. The summed E-state index contributed by atoms with van der Waals surface area (Å²) in [7, 11) is 0. The highest BCUT2D eigenvalue weighted by Gasteiger charge is 2.18. The lowest BCUT2D eigenvalue weighted by Crippen LogP contribution is -1.90. The molecule has 0 atom stereocenters. The van der Waals surface area contributed by atoms with Crippen molar-refractivity contribution in [2.45, 2.75) is 6.92 Å². The van der Waals surface area contributed by atoms with Gasteiger partial charge in [0.1, 0.15) is 22.5 Å². The lowest BCUT2D eigenvalue weighted by atomic mass is 10.1. The molecule has 0 bridgehead atoms. The van der Waals surface area contributed by atoms with Gasteiger partial charge in [0.25, 0.3) is 0 Å². The lowest BCUT2D eigenvalue weighted by Gasteiger charge is -2.04. The van der Waals surface area contributed by atoms with Crippen LogP contribution in [0, 0.1) is 12.7 Å². The highest BCUT2D eigenvalue weighted by Crippen LogP contribution is 2.31. The van der Waals surface area contributed by atoms with Gasteiger partial charge in [0.05, 0.1) is 16.7 Å². The molecule has 0 amide bonds. The zero-order chi connectivity index (χ0) is 21.7. The quantitative estimate of drug-likeness (QED) is 0.416. The van der Waals surface area contributed by atoms with Crippen molar-refractivity contribution in [3.63, 3.8) is 0 Å². The first-order valence-corrected chi connectivity index (χ1v) is 10.0. The third kappa shape index (κ3) is 2.84. The second kappa shape index (κ2) is 7.05. The van der Waals surface area contributed by atoms with Gasteiger partial charge in [-0.1, -0.05) is 12.1 Å². The summed E-state index contributed by atoms with van der Waals surface area (Å²) in [5.74, 6) is 0.185. The van der Waals surface area contributed by atoms with Gasteiger partial charge in [-0.2, -0.15) is 5.10 Å². The molecule has 154 valence electrons. The number of nitrogens with one attached hydrogen (secondary N) is 2. The Morgan fingerprint density at radius 1 is 0.812 bits per heavy atom. The molecule has 7 nitrogen and oxygen atoms in total. The van der Waals surface area contributed by atoms with Crippen LogP contribution in [0.4, 0.5) is 4.39 Å². The van der Waals surface area contributed by atoms with Crippen LogP contribution in [0.2, 0.25) is 0 Å². The van der Waals surface area contributed by atoms with E-state index in [0.29, 0.717) is 33.8 Å². The Morgan fingerprint density at radius 3 is 2.56 bits per heavy atom. The number of aromatic amines is 2. The number of aromatic nitrogens is 7. The Hall–Kier alpha value is -4.46. The standard InChI is InChI=1S/C24H16FN7/c1-13-8-10-26-12-15(13)17-6-7-19-22(28-17)23(32-31-19)24-29-18-9-11-27-20(21(18)30-24)14-4-2-3-5-16(14)25/h2-12H,1H3,(H,29,30)(H,31,32). The molecule has 6 rings (SSSR count). The van der Waals surface area contributed by atoms with Crippen LogP contribution in [0.1, 0.15) is 5.56 Å². The van der Waals surface area contributed by atoms with E-state index in [1.54, 1.807) is 36.8 Å². The molecule has 5 heterocycles. The van der Waals surface area contributed by atoms with Gasteiger partial charge in [0, 0.05) is 29.7 Å². The van der Waals surface area contributed by atoms with Crippen molar-refractivity contribution in [1.82, 2.24) is 35.1 Å². The highest BCUT2D eigenvalue weighted by molar-refractivity contribution is 5.95. The molecule has 0 spiro atoms. The molecule has 8 heteroatoms. The molecule has 0 saturated heterocycles. The maximum Gasteiger partial charge on any atom is 0.161 e. The first-order valence-electron chi connectivity index (χ1n) is 10.0. The second-order valence-corrected chi connectivity index (χ2v) is 7.48. The average Bonchev–Trinajstić information content (AvgIpc) is 3.43. The van der Waals surface area contributed by atoms with Gasteiger partial charge >= 0.3 is 0 Å². The van der Waals surface area contributed by atoms with E-state index in [2.05, 4.69) is 25.1 Å². The summed E-state index contributed by atoms with van der Waals surface area (Å²) in [6.07, 6.45) is 5.20. The van der Waals surface area contributed by atoms with E-state index in [0.717, 1.165) is 27.9 Å². The molecule has 32 heavy (non-hydrogen) atoms. The van der Waals surface area contributed by atoms with E-state index < -0.39 is 0 Å². The van der Waals surface area contributed by atoms with E-state index in [4.69, 9.17) is 9.97 Å². The Labute approximate surface area is 181 Å². The van der Waals surface area contributed by atoms with Crippen molar-refractivity contribution in [2.24, 2.45) is 0 Å². The number of pyridine rings is 3. The molecule has 0 unspecified atom stereocenters. The molecule has 2 N–H and O–H groups in total. The summed E-state index contributed by atoms with van der Waals surface area (Å²) >= 11 is 0. The number of halogens is 1. The van der Waals surface area contributed by atoms with Crippen LogP contribution in [-0.2, 0) is 0 Å². The van der Waals surface area contributed by atoms with E-state index in [1.165, 1.54) is 6.07 Å². The van der Waals surface area contributed by atoms with Gasteiger partial charge in [-0.05, 0) is 48.9 Å². The minimum absolute atomic E-state index is 0.347. The fraction of sp³-hybridized carbons (Fsp3) is 0.0417. The summed E-state index contributed by atoms with van der Waals surface area (Å²) in [6, 6.07) is 14.2. The topological polar surface area (TPSA) is 96.0 Å². The van der Waals surface area contributed by atoms with Crippen LogP contribution in [-0.4, -0.2) is 35.1 Å². The Kier molecular flexibility index (Phi) is 4.04. The maximum absolute atomic E-state index is 14.4. The van der Waals surface area contributed by atoms with Crippen molar-refractivity contribution in [3.8, 4) is 34.0 Å². The highest BCUT2D eigenvalue weighted by atomic mass is 19.1. The first-order chi connectivity index (χ1) is 15.7. The minimum atomic E-state index is -0.347. The second-order valence-electron chi connectivity index (χ2n) is 7.48. The molecule has 0 aliphatic heterocycles. The van der Waals surface area contributed by atoms with E-state index in [9.17, 15) is 4.39 Å². The number of hydrogen-bond donors (Lipinski definition) is 2. The van der Waals surface area contributed by atoms with Crippen molar-refractivity contribution in [1.29, 1.82) is 0 Å². The molecule has 0 saturated carbocycles. The number of hydrogen-bond acceptors (Lipinski definition) is 5. The SMILES string of the molecule is Cc1ccncc1-c1ccc2[nH]nc(-c3nc4c(-c5ccccc5F)nccc4[nH]3)c2n1. The van der Waals surface area contributed by atoms with Crippen LogP contribution in [0.25, 0.3) is 56.1 Å². The zero-order valence-electron chi connectivity index (χ0n) is 17.0. The largest absolute Gasteiger partial charge is 0.336 e. The van der Waals surface area contributed by atoms with Crippen LogP contribution in [0.3, 0.4) is 0 Å². The van der Waals surface area contributed by atoms with Crippen molar-refractivity contribution >= 4 is 22.1 Å². The predicted octanol–water partition coefficient (Wildman–Crippen LogP) is 5.07. The van der Waals surface area contributed by atoms with E-state index in [-0.39, 0.29) is 5.82 Å².